The van der Waals surface area contributed by atoms with Crippen LogP contribution in [0.1, 0.15) is 52.5 Å². The van der Waals surface area contributed by atoms with Gasteiger partial charge in [0.2, 0.25) is 0 Å². The van der Waals surface area contributed by atoms with E-state index in [9.17, 15) is 4.79 Å². The topological polar surface area (TPSA) is 41.6 Å². The first-order valence-corrected chi connectivity index (χ1v) is 11.0. The van der Waals surface area contributed by atoms with Crippen LogP contribution in [0.4, 0.5) is 4.79 Å². The van der Waals surface area contributed by atoms with Gasteiger partial charge in [-0.3, -0.25) is 0 Å². The van der Waals surface area contributed by atoms with Gasteiger partial charge in [-0.2, -0.15) is 0 Å². The van der Waals surface area contributed by atoms with Crippen LogP contribution < -0.4 is 5.32 Å². The first-order chi connectivity index (χ1) is 12.7. The number of ether oxygens (including phenoxy) is 1. The molecule has 1 unspecified atom stereocenters. The summed E-state index contributed by atoms with van der Waals surface area (Å²) in [5.74, 6) is 0.646. The highest BCUT2D eigenvalue weighted by Gasteiger charge is 2.40. The molecule has 0 spiro atoms. The molecule has 1 N–H and O–H groups in total. The molecule has 1 heterocycles. The van der Waals surface area contributed by atoms with E-state index < -0.39 is 5.60 Å². The quantitative estimate of drug-likeness (QED) is 0.610. The average molecular weight is 482 g/mol. The Bertz CT molecular complexity index is 685. The first-order valence-electron chi connectivity index (χ1n) is 9.89. The summed E-state index contributed by atoms with van der Waals surface area (Å²) in [7, 11) is 0. The van der Waals surface area contributed by atoms with Crippen LogP contribution in [0, 0.1) is 9.49 Å². The van der Waals surface area contributed by atoms with Crippen molar-refractivity contribution in [3.63, 3.8) is 0 Å². The molecule has 1 aromatic carbocycles. The highest BCUT2D eigenvalue weighted by Crippen LogP contribution is 2.38. The minimum atomic E-state index is -0.422. The average Bonchev–Trinajstić information content (AvgIpc) is 3.35. The second kappa shape index (κ2) is 8.52. The molecule has 0 aromatic heterocycles. The molecule has 0 radical (unpaired) electrons. The monoisotopic (exact) mass is 482 g/mol. The molecule has 1 amide bonds. The lowest BCUT2D eigenvalue weighted by atomic mass is 10.0. The Morgan fingerprint density at radius 3 is 2.44 bits per heavy atom. The third-order valence-electron chi connectivity index (χ3n) is 5.24. The van der Waals surface area contributed by atoms with Crippen molar-refractivity contribution in [2.45, 2.75) is 64.6 Å². The number of carbonyl (C=O) groups excluding carboxylic acids is 1. The maximum absolute atomic E-state index is 12.2. The fourth-order valence-electron chi connectivity index (χ4n) is 3.67. The molecule has 148 valence electrons. The zero-order valence-corrected chi connectivity index (χ0v) is 19.0. The van der Waals surface area contributed by atoms with E-state index in [1.54, 1.807) is 0 Å². The SMILES string of the molecule is CC(=Cc1ccc(I)cc1)C1C[C@@H]1NC1CCN(C(=O)OC(C)(C)C)CC1. The van der Waals surface area contributed by atoms with Gasteiger partial charge in [0.15, 0.2) is 0 Å². The Morgan fingerprint density at radius 2 is 1.85 bits per heavy atom. The smallest absolute Gasteiger partial charge is 0.410 e. The standard InChI is InChI=1S/C22H31IN2O2/c1-15(13-16-5-7-17(23)8-6-16)19-14-20(19)24-18-9-11-25(12-10-18)21(26)27-22(2,3)4/h5-8,13,18-20,24H,9-12,14H2,1-4H3/t19?,20-/m0/s1. The van der Waals surface area contributed by atoms with Crippen LogP contribution in [0.5, 0.6) is 0 Å². The van der Waals surface area contributed by atoms with Crippen molar-refractivity contribution in [3.8, 4) is 0 Å². The normalized spacial score (nSPS) is 24.0. The Labute approximate surface area is 176 Å². The van der Waals surface area contributed by atoms with Crippen LogP contribution in [-0.4, -0.2) is 41.8 Å². The summed E-state index contributed by atoms with van der Waals surface area (Å²) in [5, 5.41) is 3.81. The highest BCUT2D eigenvalue weighted by molar-refractivity contribution is 14.1. The molecule has 4 nitrogen and oxygen atoms in total. The molecule has 1 aliphatic heterocycles. The van der Waals surface area contributed by atoms with Crippen molar-refractivity contribution in [3.05, 3.63) is 39.0 Å². The van der Waals surface area contributed by atoms with E-state index in [1.807, 2.05) is 25.7 Å². The summed E-state index contributed by atoms with van der Waals surface area (Å²) < 4.78 is 6.75. The minimum absolute atomic E-state index is 0.179. The van der Waals surface area contributed by atoms with E-state index in [1.165, 1.54) is 21.1 Å². The van der Waals surface area contributed by atoms with Gasteiger partial charge in [0.05, 0.1) is 0 Å². The molecule has 27 heavy (non-hydrogen) atoms. The summed E-state index contributed by atoms with van der Waals surface area (Å²) in [6.45, 7) is 9.55. The zero-order valence-electron chi connectivity index (χ0n) is 16.8. The summed E-state index contributed by atoms with van der Waals surface area (Å²) in [6.07, 6.45) is 5.36. The number of hydrogen-bond acceptors (Lipinski definition) is 3. The largest absolute Gasteiger partial charge is 0.444 e. The van der Waals surface area contributed by atoms with Crippen LogP contribution >= 0.6 is 22.6 Å². The summed E-state index contributed by atoms with van der Waals surface area (Å²) in [4.78, 5) is 14.0. The summed E-state index contributed by atoms with van der Waals surface area (Å²) in [5.41, 5.74) is 2.32. The zero-order chi connectivity index (χ0) is 19.6. The van der Waals surface area contributed by atoms with Gasteiger partial charge in [-0.15, -0.1) is 0 Å². The number of halogens is 1. The first kappa shape index (κ1) is 20.6. The lowest BCUT2D eigenvalue weighted by Crippen LogP contribution is -2.47. The number of amides is 1. The van der Waals surface area contributed by atoms with Gasteiger partial charge in [-0.05, 0) is 93.2 Å². The van der Waals surface area contributed by atoms with Crippen molar-refractivity contribution in [1.82, 2.24) is 10.2 Å². The van der Waals surface area contributed by atoms with Crippen molar-refractivity contribution in [2.24, 2.45) is 5.92 Å². The second-order valence-electron chi connectivity index (χ2n) is 8.80. The highest BCUT2D eigenvalue weighted by atomic mass is 127. The van der Waals surface area contributed by atoms with Gasteiger partial charge in [0.25, 0.3) is 0 Å². The maximum atomic E-state index is 12.2. The van der Waals surface area contributed by atoms with E-state index in [0.717, 1.165) is 25.9 Å². The summed E-state index contributed by atoms with van der Waals surface area (Å²) >= 11 is 2.34. The molecule has 2 fully saturated rings. The van der Waals surface area contributed by atoms with Gasteiger partial charge in [0, 0.05) is 28.7 Å². The molecule has 2 atom stereocenters. The van der Waals surface area contributed by atoms with Gasteiger partial charge in [-0.1, -0.05) is 23.8 Å². The summed E-state index contributed by atoms with van der Waals surface area (Å²) in [6, 6.07) is 9.76. The van der Waals surface area contributed by atoms with E-state index in [0.29, 0.717) is 18.0 Å². The molecule has 2 aliphatic rings. The number of rotatable bonds is 4. The predicted molar refractivity (Wildman–Crippen MR) is 119 cm³/mol. The second-order valence-corrected chi connectivity index (χ2v) is 10.0. The van der Waals surface area contributed by atoms with E-state index in [2.05, 4.69) is 65.2 Å². The Hall–Kier alpha value is -1.08. The van der Waals surface area contributed by atoms with Crippen LogP contribution in [0.15, 0.2) is 29.8 Å². The Balaban J connectivity index is 1.43. The number of benzene rings is 1. The fourth-order valence-corrected chi connectivity index (χ4v) is 4.03. The Kier molecular flexibility index (Phi) is 6.51. The maximum Gasteiger partial charge on any atom is 0.410 e. The molecule has 1 saturated heterocycles. The lowest BCUT2D eigenvalue weighted by molar-refractivity contribution is 0.0198. The van der Waals surface area contributed by atoms with Gasteiger partial charge in [-0.25, -0.2) is 4.79 Å². The lowest BCUT2D eigenvalue weighted by Gasteiger charge is -2.34. The molecular formula is C22H31IN2O2. The number of hydrogen-bond donors (Lipinski definition) is 1. The number of likely N-dealkylation sites (tertiary alicyclic amines) is 1. The van der Waals surface area contributed by atoms with Crippen molar-refractivity contribution >= 4 is 34.8 Å². The van der Waals surface area contributed by atoms with Crippen molar-refractivity contribution in [2.75, 3.05) is 13.1 Å². The van der Waals surface area contributed by atoms with Gasteiger partial charge < -0.3 is 15.0 Å². The predicted octanol–water partition coefficient (Wildman–Crippen LogP) is 5.07. The van der Waals surface area contributed by atoms with Crippen LogP contribution in [0.2, 0.25) is 0 Å². The third kappa shape index (κ3) is 6.21. The molecule has 1 aliphatic carbocycles. The van der Waals surface area contributed by atoms with Crippen LogP contribution in [0.3, 0.4) is 0 Å². The van der Waals surface area contributed by atoms with E-state index in [-0.39, 0.29) is 6.09 Å². The molecular weight excluding hydrogens is 451 g/mol. The molecule has 3 rings (SSSR count). The Morgan fingerprint density at radius 1 is 1.22 bits per heavy atom. The van der Waals surface area contributed by atoms with Gasteiger partial charge in [0.1, 0.15) is 5.60 Å². The fraction of sp³-hybridized carbons (Fsp3) is 0.591. The van der Waals surface area contributed by atoms with Crippen LogP contribution in [0.25, 0.3) is 6.08 Å². The van der Waals surface area contributed by atoms with Gasteiger partial charge >= 0.3 is 6.09 Å². The van der Waals surface area contributed by atoms with Crippen molar-refractivity contribution < 1.29 is 9.53 Å². The molecule has 5 heteroatoms. The molecule has 1 aromatic rings. The number of carbonyl (C=O) groups is 1. The number of nitrogens with zero attached hydrogens (tertiary/aromatic N) is 1. The van der Waals surface area contributed by atoms with E-state index >= 15 is 0 Å². The van der Waals surface area contributed by atoms with Crippen LogP contribution in [-0.2, 0) is 4.74 Å². The van der Waals surface area contributed by atoms with Crippen molar-refractivity contribution in [1.29, 1.82) is 0 Å². The third-order valence-corrected chi connectivity index (χ3v) is 5.96. The minimum Gasteiger partial charge on any atom is -0.444 e. The number of piperidine rings is 1. The molecule has 0 bridgehead atoms. The van der Waals surface area contributed by atoms with E-state index in [4.69, 9.17) is 4.74 Å². The molecule has 1 saturated carbocycles. The number of nitrogens with one attached hydrogen (secondary N) is 1.